The zero-order valence-electron chi connectivity index (χ0n) is 13.4. The Balaban J connectivity index is 0.00000208. The van der Waals surface area contributed by atoms with Crippen LogP contribution < -0.4 is 57.1 Å². The number of rotatable bonds is 3. The Hall–Kier alpha value is -0.914. The van der Waals surface area contributed by atoms with Crippen LogP contribution in [0.2, 0.25) is 5.15 Å². The van der Waals surface area contributed by atoms with Gasteiger partial charge in [-0.3, -0.25) is 9.59 Å². The molecule has 0 spiro atoms. The van der Waals surface area contributed by atoms with Crippen LogP contribution in [0, 0.1) is 5.92 Å². The minimum atomic E-state index is -1.26. The molecule has 122 valence electrons. The second kappa shape index (κ2) is 7.14. The van der Waals surface area contributed by atoms with Crippen molar-refractivity contribution in [3.8, 4) is 0 Å². The van der Waals surface area contributed by atoms with Crippen LogP contribution in [0.5, 0.6) is 0 Å². The number of halogens is 1. The monoisotopic (exact) mass is 377 g/mol. The summed E-state index contributed by atoms with van der Waals surface area (Å²) < 4.78 is 11.7. The standard InChI is InChI=1S/C13H13ClN5O4.K/c1-13(2)22-10(20)6(11(21)23-13)3-4-19-5-16-7-8(14)17-12(15)18-9(7)19;/h5H,3-4H2,1-2H3,(H2,15,17,18);/q-1;+1. The Labute approximate surface area is 184 Å². The van der Waals surface area contributed by atoms with E-state index in [9.17, 15) is 9.59 Å². The van der Waals surface area contributed by atoms with Crippen molar-refractivity contribution in [1.29, 1.82) is 0 Å². The fraction of sp³-hybridized carbons (Fsp3) is 0.385. The van der Waals surface area contributed by atoms with Gasteiger partial charge in [0.05, 0.1) is 6.33 Å². The fourth-order valence-electron chi connectivity index (χ4n) is 2.20. The second-order valence-corrected chi connectivity index (χ2v) is 5.75. The van der Waals surface area contributed by atoms with E-state index in [-0.39, 0.29) is 81.4 Å². The minimum Gasteiger partial charge on any atom is -0.447 e. The molecule has 9 nitrogen and oxygen atoms in total. The number of carbonyl (C=O) groups excluding carboxylic acids is 2. The maximum Gasteiger partial charge on any atom is 1.00 e. The summed E-state index contributed by atoms with van der Waals surface area (Å²) in [5.74, 6) is -2.70. The van der Waals surface area contributed by atoms with E-state index in [1.807, 2.05) is 0 Å². The number of imidazole rings is 1. The van der Waals surface area contributed by atoms with E-state index in [0.29, 0.717) is 11.2 Å². The molecule has 2 N–H and O–H groups in total. The molecule has 0 saturated carbocycles. The van der Waals surface area contributed by atoms with Crippen LogP contribution in [0.25, 0.3) is 11.2 Å². The van der Waals surface area contributed by atoms with E-state index >= 15 is 0 Å². The molecule has 3 rings (SSSR count). The first-order chi connectivity index (χ1) is 10.8. The van der Waals surface area contributed by atoms with E-state index in [4.69, 9.17) is 26.8 Å². The van der Waals surface area contributed by atoms with Crippen LogP contribution in [-0.4, -0.2) is 37.2 Å². The third-order valence-corrected chi connectivity index (χ3v) is 3.47. The number of hydrogen-bond donors (Lipinski definition) is 1. The molecule has 24 heavy (non-hydrogen) atoms. The minimum absolute atomic E-state index is 0. The van der Waals surface area contributed by atoms with Gasteiger partial charge in [0.25, 0.3) is 0 Å². The molecular weight excluding hydrogens is 365 g/mol. The number of hydrogen-bond acceptors (Lipinski definition) is 8. The molecule has 2 aromatic heterocycles. The zero-order valence-corrected chi connectivity index (χ0v) is 17.2. The number of cyclic esters (lactones) is 2. The van der Waals surface area contributed by atoms with Crippen LogP contribution >= 0.6 is 11.6 Å². The van der Waals surface area contributed by atoms with Gasteiger partial charge in [-0.25, -0.2) is 4.98 Å². The molecule has 0 radical (unpaired) electrons. The molecule has 0 aromatic carbocycles. The van der Waals surface area contributed by atoms with Crippen molar-refractivity contribution in [3.05, 3.63) is 17.4 Å². The molecule has 1 fully saturated rings. The quantitative estimate of drug-likeness (QED) is 0.278. The number of nitrogens with zero attached hydrogens (tertiary/aromatic N) is 4. The van der Waals surface area contributed by atoms with Gasteiger partial charge in [0.2, 0.25) is 11.7 Å². The van der Waals surface area contributed by atoms with Crippen molar-refractivity contribution in [2.45, 2.75) is 32.6 Å². The smallest absolute Gasteiger partial charge is 0.447 e. The van der Waals surface area contributed by atoms with Gasteiger partial charge in [-0.1, -0.05) is 11.6 Å². The van der Waals surface area contributed by atoms with Crippen molar-refractivity contribution in [3.63, 3.8) is 0 Å². The Kier molecular flexibility index (Phi) is 5.77. The summed E-state index contributed by atoms with van der Waals surface area (Å²) in [5, 5.41) is 0.136. The van der Waals surface area contributed by atoms with Crippen LogP contribution in [0.4, 0.5) is 5.95 Å². The van der Waals surface area contributed by atoms with E-state index < -0.39 is 17.7 Å². The number of fused-ring (bicyclic) bond motifs is 1. The predicted molar refractivity (Wildman–Crippen MR) is 78.9 cm³/mol. The topological polar surface area (TPSA) is 122 Å². The predicted octanol–water partition coefficient (Wildman–Crippen LogP) is -2.13. The largest absolute Gasteiger partial charge is 1.00 e. The van der Waals surface area contributed by atoms with Gasteiger partial charge in [0.1, 0.15) is 5.52 Å². The first-order valence-electron chi connectivity index (χ1n) is 6.73. The number of nitrogens with two attached hydrogens (primary N) is 1. The van der Waals surface area contributed by atoms with Gasteiger partial charge in [-0.2, -0.15) is 15.9 Å². The van der Waals surface area contributed by atoms with Gasteiger partial charge in [-0.15, -0.1) is 6.42 Å². The van der Waals surface area contributed by atoms with Crippen molar-refractivity contribution >= 4 is 40.7 Å². The second-order valence-electron chi connectivity index (χ2n) is 5.39. The molecule has 0 aliphatic carbocycles. The Morgan fingerprint density at radius 2 is 1.92 bits per heavy atom. The normalized spacial score (nSPS) is 16.5. The summed E-state index contributed by atoms with van der Waals surface area (Å²) >= 11 is 5.94. The zero-order chi connectivity index (χ0) is 16.8. The third-order valence-electron chi connectivity index (χ3n) is 3.21. The molecule has 1 aliphatic heterocycles. The average Bonchev–Trinajstić information content (AvgIpc) is 2.79. The Bertz CT molecular complexity index is 789. The molecule has 11 heteroatoms. The van der Waals surface area contributed by atoms with Gasteiger partial charge < -0.3 is 19.8 Å². The van der Waals surface area contributed by atoms with Gasteiger partial charge >= 0.3 is 51.4 Å². The number of nitrogen functional groups attached to an aromatic ring is 1. The summed E-state index contributed by atoms with van der Waals surface area (Å²) in [7, 11) is 0. The van der Waals surface area contributed by atoms with E-state index in [1.54, 1.807) is 4.57 Å². The van der Waals surface area contributed by atoms with Crippen molar-refractivity contribution in [2.24, 2.45) is 0 Å². The van der Waals surface area contributed by atoms with Gasteiger partial charge in [0.15, 0.2) is 22.7 Å². The molecule has 0 bridgehead atoms. The SMILES string of the molecule is CC1(C)OC(=O)[C-](CCn2cnc3c(Cl)nc(N)nc32)C(=O)O1.[K+]. The number of ether oxygens (including phenoxy) is 2. The molecular formula is C13H13ClKN5O4. The summed E-state index contributed by atoms with van der Waals surface area (Å²) in [6, 6.07) is 0. The van der Waals surface area contributed by atoms with Crippen molar-refractivity contribution < 1.29 is 70.4 Å². The fourth-order valence-corrected chi connectivity index (χ4v) is 2.42. The number of anilines is 1. The van der Waals surface area contributed by atoms with Crippen LogP contribution in [0.15, 0.2) is 6.33 Å². The average molecular weight is 378 g/mol. The number of esters is 2. The van der Waals surface area contributed by atoms with E-state index in [2.05, 4.69) is 15.0 Å². The molecule has 2 aromatic rings. The maximum atomic E-state index is 11.9. The Morgan fingerprint density at radius 3 is 2.54 bits per heavy atom. The number of aromatic nitrogens is 4. The number of carbonyl (C=O) groups is 2. The van der Waals surface area contributed by atoms with Crippen LogP contribution in [-0.2, 0) is 25.6 Å². The molecule has 0 unspecified atom stereocenters. The van der Waals surface area contributed by atoms with E-state index in [0.717, 1.165) is 0 Å². The number of aryl methyl sites for hydroxylation is 1. The molecule has 1 saturated heterocycles. The van der Waals surface area contributed by atoms with Crippen LogP contribution in [0.1, 0.15) is 20.3 Å². The molecule has 0 amide bonds. The van der Waals surface area contributed by atoms with Crippen LogP contribution in [0.3, 0.4) is 0 Å². The van der Waals surface area contributed by atoms with Crippen molar-refractivity contribution in [1.82, 2.24) is 19.5 Å². The molecule has 3 heterocycles. The first kappa shape index (κ1) is 19.4. The summed E-state index contributed by atoms with van der Waals surface area (Å²) in [6.45, 7) is 3.23. The maximum absolute atomic E-state index is 11.9. The van der Waals surface area contributed by atoms with Crippen molar-refractivity contribution in [2.75, 3.05) is 5.73 Å². The van der Waals surface area contributed by atoms with Gasteiger partial charge in [0, 0.05) is 20.4 Å². The Morgan fingerprint density at radius 1 is 1.29 bits per heavy atom. The van der Waals surface area contributed by atoms with E-state index in [1.165, 1.54) is 20.2 Å². The first-order valence-corrected chi connectivity index (χ1v) is 7.11. The summed E-state index contributed by atoms with van der Waals surface area (Å²) in [4.78, 5) is 35.8. The summed E-state index contributed by atoms with van der Waals surface area (Å²) in [6.07, 6.45) is 1.58. The third kappa shape index (κ3) is 3.84. The molecule has 1 aliphatic rings. The van der Waals surface area contributed by atoms with Gasteiger partial charge in [-0.05, 0) is 0 Å². The molecule has 0 atom stereocenters. The summed E-state index contributed by atoms with van der Waals surface area (Å²) in [5.41, 5.74) is 6.37.